The molecule has 1 aromatic rings. The van der Waals surface area contributed by atoms with Gasteiger partial charge in [0.05, 0.1) is 0 Å². The number of hydrogen-bond donors (Lipinski definition) is 0. The second-order valence-electron chi connectivity index (χ2n) is 3.07. The molecule has 1 aliphatic heterocycles. The van der Waals surface area contributed by atoms with Gasteiger partial charge in [-0.25, -0.2) is 0 Å². The van der Waals surface area contributed by atoms with E-state index in [0.29, 0.717) is 16.8 Å². The molecule has 0 spiro atoms. The number of allylic oxidation sites excluding steroid dienone is 2. The van der Waals surface area contributed by atoms with Crippen LogP contribution < -0.4 is 0 Å². The Bertz CT molecular complexity index is 614. The van der Waals surface area contributed by atoms with E-state index in [1.54, 1.807) is 23.6 Å². The fourth-order valence-corrected chi connectivity index (χ4v) is 4.25. The van der Waals surface area contributed by atoms with Crippen LogP contribution in [-0.2, 0) is 23.5 Å². The van der Waals surface area contributed by atoms with E-state index in [1.165, 1.54) is 0 Å². The van der Waals surface area contributed by atoms with Crippen LogP contribution in [-0.4, -0.2) is 14.7 Å². The molecule has 1 aliphatic rings. The molecule has 16 heavy (non-hydrogen) atoms. The second-order valence-corrected chi connectivity index (χ2v) is 6.65. The molecule has 3 nitrogen and oxygen atoms in total. The van der Waals surface area contributed by atoms with Crippen LogP contribution in [0.5, 0.6) is 0 Å². The summed E-state index contributed by atoms with van der Waals surface area (Å²) < 4.78 is 22.1. The van der Waals surface area contributed by atoms with Crippen LogP contribution in [0, 0.1) is 0 Å². The minimum absolute atomic E-state index is 0.443. The van der Waals surface area contributed by atoms with Gasteiger partial charge in [0, 0.05) is 10.5 Å². The molecular formula is C11H8O3S2. The summed E-state index contributed by atoms with van der Waals surface area (Å²) in [5.41, 5.74) is 1.22. The van der Waals surface area contributed by atoms with Crippen molar-refractivity contribution in [1.29, 1.82) is 0 Å². The van der Waals surface area contributed by atoms with Crippen molar-refractivity contribution in [2.45, 2.75) is 0 Å². The summed E-state index contributed by atoms with van der Waals surface area (Å²) in [7, 11) is -3.23. The summed E-state index contributed by atoms with van der Waals surface area (Å²) >= 11 is 0. The van der Waals surface area contributed by atoms with Gasteiger partial charge in [0.25, 0.3) is 0 Å². The zero-order valence-corrected chi connectivity index (χ0v) is 9.79. The van der Waals surface area contributed by atoms with Gasteiger partial charge in [0.2, 0.25) is 9.26 Å². The van der Waals surface area contributed by atoms with E-state index >= 15 is 0 Å². The maximum absolute atomic E-state index is 11.1. The molecule has 0 saturated carbocycles. The van der Waals surface area contributed by atoms with E-state index in [0.717, 1.165) is 5.56 Å². The summed E-state index contributed by atoms with van der Waals surface area (Å²) in [6.45, 7) is 0. The molecule has 2 rings (SSSR count). The van der Waals surface area contributed by atoms with Crippen molar-refractivity contribution in [3.63, 3.8) is 0 Å². The standard InChI is InChI=1S/C11H8O3S2/c12-8-10-6-7-15(16(13)14)11(10)9-4-2-1-3-5-9/h1-8H. The zero-order chi connectivity index (χ0) is 11.5. The number of benzene rings is 1. The Kier molecular flexibility index (Phi) is 3.17. The zero-order valence-electron chi connectivity index (χ0n) is 8.16. The van der Waals surface area contributed by atoms with Gasteiger partial charge in [-0.2, -0.15) is 8.42 Å². The normalized spacial score (nSPS) is 18.9. The largest absolute Gasteiger partial charge is 0.298 e. The molecule has 5 heteroatoms. The average Bonchev–Trinajstić information content (AvgIpc) is 2.73. The SMILES string of the molecule is O=CC1=C(c2ccccc2)S(=S(=O)=O)C=C1. The summed E-state index contributed by atoms with van der Waals surface area (Å²) in [5.74, 6) is 0. The summed E-state index contributed by atoms with van der Waals surface area (Å²) in [6, 6.07) is 9.09. The third-order valence-corrected chi connectivity index (χ3v) is 5.41. The maximum atomic E-state index is 11.1. The molecule has 0 aliphatic carbocycles. The number of rotatable bonds is 2. The highest BCUT2D eigenvalue weighted by molar-refractivity contribution is 8.40. The first-order chi connectivity index (χ1) is 7.74. The van der Waals surface area contributed by atoms with Crippen LogP contribution in [0.4, 0.5) is 0 Å². The Labute approximate surface area is 96.2 Å². The summed E-state index contributed by atoms with van der Waals surface area (Å²) in [6.07, 6.45) is 2.26. The van der Waals surface area contributed by atoms with Gasteiger partial charge in [0.15, 0.2) is 6.29 Å². The van der Waals surface area contributed by atoms with Crippen LogP contribution >= 0.6 is 0 Å². The Hall–Kier alpha value is -1.46. The number of carbonyl (C=O) groups is 1. The van der Waals surface area contributed by atoms with E-state index in [4.69, 9.17) is 0 Å². The quantitative estimate of drug-likeness (QED) is 0.750. The van der Waals surface area contributed by atoms with Gasteiger partial charge in [-0.05, 0) is 26.5 Å². The number of hydrogen-bond acceptors (Lipinski definition) is 3. The van der Waals surface area contributed by atoms with E-state index in [9.17, 15) is 13.2 Å². The fourth-order valence-electron chi connectivity index (χ4n) is 1.47. The van der Waals surface area contributed by atoms with Gasteiger partial charge >= 0.3 is 0 Å². The lowest BCUT2D eigenvalue weighted by atomic mass is 10.1. The molecule has 0 aromatic heterocycles. The lowest BCUT2D eigenvalue weighted by Crippen LogP contribution is -1.92. The maximum Gasteiger partial charge on any atom is 0.249 e. The summed E-state index contributed by atoms with van der Waals surface area (Å²) in [5, 5.41) is 1.55. The molecule has 0 amide bonds. The second kappa shape index (κ2) is 4.59. The third-order valence-electron chi connectivity index (χ3n) is 2.14. The minimum atomic E-state index is -2.22. The van der Waals surface area contributed by atoms with Crippen LogP contribution in [0.25, 0.3) is 4.91 Å². The van der Waals surface area contributed by atoms with Crippen LogP contribution in [0.1, 0.15) is 5.56 Å². The molecule has 0 bridgehead atoms. The molecule has 82 valence electrons. The third kappa shape index (κ3) is 1.91. The van der Waals surface area contributed by atoms with Gasteiger partial charge in [0.1, 0.15) is 0 Å². The van der Waals surface area contributed by atoms with Crippen molar-refractivity contribution in [2.75, 3.05) is 0 Å². The van der Waals surface area contributed by atoms with E-state index in [-0.39, 0.29) is 0 Å². The van der Waals surface area contributed by atoms with E-state index < -0.39 is 18.7 Å². The van der Waals surface area contributed by atoms with Gasteiger partial charge in [-0.1, -0.05) is 30.3 Å². The van der Waals surface area contributed by atoms with Crippen LogP contribution in [0.3, 0.4) is 0 Å². The Morgan fingerprint density at radius 1 is 1.12 bits per heavy atom. The van der Waals surface area contributed by atoms with Crippen molar-refractivity contribution >= 4 is 29.9 Å². The van der Waals surface area contributed by atoms with Crippen LogP contribution in [0.15, 0.2) is 47.4 Å². The van der Waals surface area contributed by atoms with Crippen molar-refractivity contribution in [1.82, 2.24) is 0 Å². The molecular weight excluding hydrogens is 244 g/mol. The van der Waals surface area contributed by atoms with Gasteiger partial charge in [-0.3, -0.25) is 4.79 Å². The molecule has 1 aromatic carbocycles. The van der Waals surface area contributed by atoms with E-state index in [1.807, 2.05) is 18.2 Å². The molecule has 0 fully saturated rings. The highest BCUT2D eigenvalue weighted by atomic mass is 32.9. The first kappa shape index (κ1) is 11.0. The van der Waals surface area contributed by atoms with Crippen LogP contribution in [0.2, 0.25) is 0 Å². The Morgan fingerprint density at radius 2 is 1.81 bits per heavy atom. The average molecular weight is 252 g/mol. The smallest absolute Gasteiger partial charge is 0.249 e. The topological polar surface area (TPSA) is 51.2 Å². The first-order valence-electron chi connectivity index (χ1n) is 4.50. The monoisotopic (exact) mass is 252 g/mol. The van der Waals surface area contributed by atoms with Crippen molar-refractivity contribution in [3.05, 3.63) is 53.0 Å². The highest BCUT2D eigenvalue weighted by Gasteiger charge is 2.17. The Balaban J connectivity index is 2.71. The van der Waals surface area contributed by atoms with Gasteiger partial charge < -0.3 is 0 Å². The van der Waals surface area contributed by atoms with Crippen molar-refractivity contribution in [3.8, 4) is 0 Å². The molecule has 0 N–H and O–H groups in total. The fraction of sp³-hybridized carbons (Fsp3) is 0. The number of carbonyl (C=O) groups excluding carboxylic acids is 1. The first-order valence-corrected chi connectivity index (χ1v) is 7.38. The summed E-state index contributed by atoms with van der Waals surface area (Å²) in [4.78, 5) is 11.4. The molecule has 0 saturated heterocycles. The molecule has 1 unspecified atom stereocenters. The lowest BCUT2D eigenvalue weighted by molar-refractivity contribution is -0.104. The van der Waals surface area contributed by atoms with Crippen molar-refractivity contribution < 1.29 is 13.2 Å². The van der Waals surface area contributed by atoms with Crippen molar-refractivity contribution in [2.24, 2.45) is 0 Å². The predicted octanol–water partition coefficient (Wildman–Crippen LogP) is 1.54. The minimum Gasteiger partial charge on any atom is -0.298 e. The molecule has 1 atom stereocenters. The highest BCUT2D eigenvalue weighted by Crippen LogP contribution is 2.28. The molecule has 0 radical (unpaired) electrons. The lowest BCUT2D eigenvalue weighted by Gasteiger charge is -2.03. The number of aldehydes is 1. The van der Waals surface area contributed by atoms with E-state index in [2.05, 4.69) is 0 Å². The Morgan fingerprint density at radius 3 is 2.38 bits per heavy atom. The molecule has 1 heterocycles. The van der Waals surface area contributed by atoms with Gasteiger partial charge in [-0.15, -0.1) is 0 Å². The predicted molar refractivity (Wildman–Crippen MR) is 64.9 cm³/mol.